The lowest BCUT2D eigenvalue weighted by Crippen LogP contribution is -2.45. The van der Waals surface area contributed by atoms with E-state index >= 15 is 0 Å². The largest absolute Gasteiger partial charge is 0.458 e. The number of aliphatic hydroxyl groups is 2. The van der Waals surface area contributed by atoms with Crippen molar-refractivity contribution >= 4 is 29.2 Å². The number of carbonyl (C=O) groups is 2. The first-order chi connectivity index (χ1) is 16.2. The number of hydrogen-bond donors (Lipinski definition) is 2. The Hall–Kier alpha value is -1.61. The van der Waals surface area contributed by atoms with Crippen LogP contribution in [0.3, 0.4) is 0 Å². The summed E-state index contributed by atoms with van der Waals surface area (Å²) < 4.78 is 11.9. The minimum atomic E-state index is -1.23. The summed E-state index contributed by atoms with van der Waals surface area (Å²) in [5, 5.41) is 24.6. The molecule has 2 fully saturated rings. The summed E-state index contributed by atoms with van der Waals surface area (Å²) >= 11 is 1.56. The van der Waals surface area contributed by atoms with Gasteiger partial charge in [0.25, 0.3) is 0 Å². The normalized spacial score (nSPS) is 37.5. The van der Waals surface area contributed by atoms with E-state index in [1.165, 1.54) is 0 Å². The highest BCUT2D eigenvalue weighted by atomic mass is 32.1. The average Bonchev–Trinajstić information content (AvgIpc) is 3.22. The van der Waals surface area contributed by atoms with Crippen LogP contribution in [0, 0.1) is 24.2 Å². The second-order valence-electron chi connectivity index (χ2n) is 11.3. The van der Waals surface area contributed by atoms with Gasteiger partial charge in [0.2, 0.25) is 0 Å². The van der Waals surface area contributed by atoms with Gasteiger partial charge in [0.05, 0.1) is 46.5 Å². The number of Topliss-reactive ketones (excluding diaryl/α,β-unsaturated/α-hetero) is 1. The summed E-state index contributed by atoms with van der Waals surface area (Å²) in [6, 6.07) is 0. The van der Waals surface area contributed by atoms with E-state index in [0.29, 0.717) is 6.42 Å². The van der Waals surface area contributed by atoms with Crippen molar-refractivity contribution in [3.8, 4) is 0 Å². The molecular formula is C27H41NO6S. The highest BCUT2D eigenvalue weighted by Crippen LogP contribution is 2.45. The third kappa shape index (κ3) is 6.59. The summed E-state index contributed by atoms with van der Waals surface area (Å²) in [5.41, 5.74) is 0.179. The van der Waals surface area contributed by atoms with Gasteiger partial charge < -0.3 is 19.7 Å². The molecule has 0 aromatic carbocycles. The number of nitrogens with zero attached hydrogens (tertiary/aromatic N) is 1. The third-order valence-electron chi connectivity index (χ3n) is 7.93. The number of ether oxygens (including phenoxy) is 2. The molecule has 3 rings (SSSR count). The van der Waals surface area contributed by atoms with Crippen molar-refractivity contribution in [2.75, 3.05) is 0 Å². The standard InChI is InChI=1S/C27H41NO6S/c1-15-9-8-10-27(7)22(34-27)12-20(16(2)11-19-14-35-18(4)28-19)33-23(30)13-21(29)26(5,6)25(32)17(3)24(15)31/h11,14-15,17,20-22,24,29,31H,8-10,12-13H2,1-7H3/t15-,17?,20?,21-,22+,24-,27-/m0/s1. The van der Waals surface area contributed by atoms with Gasteiger partial charge in [-0.1, -0.05) is 34.1 Å². The number of aromatic nitrogens is 1. The van der Waals surface area contributed by atoms with Gasteiger partial charge in [-0.15, -0.1) is 11.3 Å². The second-order valence-corrected chi connectivity index (χ2v) is 12.3. The van der Waals surface area contributed by atoms with Gasteiger partial charge in [-0.25, -0.2) is 4.98 Å². The summed E-state index contributed by atoms with van der Waals surface area (Å²) in [5.74, 6) is -1.55. The van der Waals surface area contributed by atoms with Gasteiger partial charge in [0, 0.05) is 17.7 Å². The van der Waals surface area contributed by atoms with Gasteiger partial charge >= 0.3 is 5.97 Å². The molecule has 0 bridgehead atoms. The summed E-state index contributed by atoms with van der Waals surface area (Å²) in [4.78, 5) is 30.6. The van der Waals surface area contributed by atoms with Crippen LogP contribution in [0.25, 0.3) is 6.08 Å². The Labute approximate surface area is 212 Å². The number of fused-ring (bicyclic) bond motifs is 1. The molecule has 0 aliphatic carbocycles. The number of hydrogen-bond acceptors (Lipinski definition) is 8. The minimum Gasteiger partial charge on any atom is -0.458 e. The molecule has 196 valence electrons. The van der Waals surface area contributed by atoms with Gasteiger partial charge in [-0.05, 0) is 51.2 Å². The second kappa shape index (κ2) is 10.8. The molecule has 7 nitrogen and oxygen atoms in total. The van der Waals surface area contributed by atoms with Crippen LogP contribution in [0.1, 0.15) is 84.3 Å². The van der Waals surface area contributed by atoms with Crippen molar-refractivity contribution in [3.63, 3.8) is 0 Å². The predicted octanol–water partition coefficient (Wildman–Crippen LogP) is 4.48. The molecule has 2 unspecified atom stereocenters. The Balaban J connectivity index is 1.85. The van der Waals surface area contributed by atoms with Gasteiger partial charge in [0.15, 0.2) is 0 Å². The molecule has 1 aromatic heterocycles. The third-order valence-corrected chi connectivity index (χ3v) is 8.72. The highest BCUT2D eigenvalue weighted by molar-refractivity contribution is 7.09. The molecule has 1 aromatic rings. The zero-order valence-corrected chi connectivity index (χ0v) is 22.9. The Morgan fingerprint density at radius 2 is 1.91 bits per heavy atom. The number of rotatable bonds is 2. The lowest BCUT2D eigenvalue weighted by atomic mass is 9.73. The molecule has 3 heterocycles. The smallest absolute Gasteiger partial charge is 0.309 e. The number of carbonyl (C=O) groups excluding carboxylic acids is 2. The lowest BCUT2D eigenvalue weighted by Gasteiger charge is -2.34. The average molecular weight is 508 g/mol. The van der Waals surface area contributed by atoms with E-state index in [4.69, 9.17) is 9.47 Å². The van der Waals surface area contributed by atoms with E-state index in [1.54, 1.807) is 32.1 Å². The highest BCUT2D eigenvalue weighted by Gasteiger charge is 2.53. The number of aryl methyl sites for hydroxylation is 1. The zero-order valence-electron chi connectivity index (χ0n) is 22.0. The predicted molar refractivity (Wildman–Crippen MR) is 136 cm³/mol. The van der Waals surface area contributed by atoms with Crippen molar-refractivity contribution < 1.29 is 29.3 Å². The molecule has 0 spiro atoms. The van der Waals surface area contributed by atoms with Gasteiger partial charge in [-0.2, -0.15) is 0 Å². The Morgan fingerprint density at radius 1 is 1.23 bits per heavy atom. The molecule has 2 aliphatic rings. The first-order valence-electron chi connectivity index (χ1n) is 12.6. The Kier molecular flexibility index (Phi) is 8.62. The minimum absolute atomic E-state index is 0.0455. The molecule has 0 saturated carbocycles. The van der Waals surface area contributed by atoms with Crippen molar-refractivity contribution in [1.29, 1.82) is 0 Å². The number of cyclic esters (lactones) is 1. The summed E-state index contributed by atoms with van der Waals surface area (Å²) in [6.07, 6.45) is 1.98. The fraction of sp³-hybridized carbons (Fsp3) is 0.741. The van der Waals surface area contributed by atoms with Crippen LogP contribution in [0.4, 0.5) is 0 Å². The SMILES string of the molecule is CC(=Cc1csc(C)n1)C1C[C@H]2O[C@@]2(C)CCC[C@H](C)[C@H](O)C(C)C(=O)C(C)(C)[C@@H](O)CC(=O)O1. The van der Waals surface area contributed by atoms with E-state index in [9.17, 15) is 19.8 Å². The van der Waals surface area contributed by atoms with Crippen LogP contribution in [0.2, 0.25) is 0 Å². The summed E-state index contributed by atoms with van der Waals surface area (Å²) in [7, 11) is 0. The van der Waals surface area contributed by atoms with Gasteiger partial charge in [-0.3, -0.25) is 9.59 Å². The summed E-state index contributed by atoms with van der Waals surface area (Å²) in [6.45, 7) is 12.8. The number of ketones is 1. The van der Waals surface area contributed by atoms with Gasteiger partial charge in [0.1, 0.15) is 11.9 Å². The molecule has 2 aliphatic heterocycles. The van der Waals surface area contributed by atoms with E-state index in [1.807, 2.05) is 32.2 Å². The molecule has 0 radical (unpaired) electrons. The monoisotopic (exact) mass is 507 g/mol. The molecular weight excluding hydrogens is 466 g/mol. The van der Waals surface area contributed by atoms with E-state index in [2.05, 4.69) is 11.9 Å². The van der Waals surface area contributed by atoms with Crippen LogP contribution in [-0.2, 0) is 19.1 Å². The Morgan fingerprint density at radius 3 is 2.54 bits per heavy atom. The maximum absolute atomic E-state index is 13.2. The molecule has 2 saturated heterocycles. The number of aliphatic hydroxyl groups excluding tert-OH is 2. The number of epoxide rings is 1. The van der Waals surface area contributed by atoms with Crippen LogP contribution in [-0.4, -0.2) is 57.0 Å². The fourth-order valence-electron chi connectivity index (χ4n) is 5.07. The zero-order chi connectivity index (χ0) is 26.1. The topological polar surface area (TPSA) is 109 Å². The molecule has 35 heavy (non-hydrogen) atoms. The number of esters is 1. The first kappa shape index (κ1) is 28.0. The fourth-order valence-corrected chi connectivity index (χ4v) is 5.64. The number of thiazole rings is 1. The van der Waals surface area contributed by atoms with E-state index < -0.39 is 35.6 Å². The molecule has 7 atom stereocenters. The van der Waals surface area contributed by atoms with Crippen LogP contribution >= 0.6 is 11.3 Å². The van der Waals surface area contributed by atoms with Crippen molar-refractivity contribution in [1.82, 2.24) is 4.98 Å². The molecule has 0 amide bonds. The van der Waals surface area contributed by atoms with Crippen molar-refractivity contribution in [2.24, 2.45) is 17.3 Å². The van der Waals surface area contributed by atoms with Crippen molar-refractivity contribution in [3.05, 3.63) is 21.7 Å². The molecule has 2 N–H and O–H groups in total. The lowest BCUT2D eigenvalue weighted by molar-refractivity contribution is -0.154. The maximum Gasteiger partial charge on any atom is 0.309 e. The maximum atomic E-state index is 13.2. The van der Waals surface area contributed by atoms with Crippen LogP contribution in [0.15, 0.2) is 11.0 Å². The van der Waals surface area contributed by atoms with E-state index in [0.717, 1.165) is 35.5 Å². The first-order valence-corrected chi connectivity index (χ1v) is 13.5. The van der Waals surface area contributed by atoms with Crippen LogP contribution in [0.5, 0.6) is 0 Å². The van der Waals surface area contributed by atoms with Crippen molar-refractivity contribution in [2.45, 2.75) is 111 Å². The quantitative estimate of drug-likeness (QED) is 0.449. The van der Waals surface area contributed by atoms with E-state index in [-0.39, 0.29) is 29.8 Å². The van der Waals surface area contributed by atoms with Crippen LogP contribution < -0.4 is 0 Å². The molecule has 8 heteroatoms. The Bertz CT molecular complexity index is 955.